The molecule has 0 heterocycles. The molecule has 0 saturated carbocycles. The first-order valence-corrected chi connectivity index (χ1v) is 6.73. The van der Waals surface area contributed by atoms with E-state index < -0.39 is 17.0 Å². The van der Waals surface area contributed by atoms with Gasteiger partial charge in [-0.3, -0.25) is 4.79 Å². The highest BCUT2D eigenvalue weighted by molar-refractivity contribution is 8.00. The summed E-state index contributed by atoms with van der Waals surface area (Å²) in [5.41, 5.74) is 0.681. The number of hydrogen-bond donors (Lipinski definition) is 1. The molecular formula is C14H10ClFO2S. The highest BCUT2D eigenvalue weighted by Crippen LogP contribution is 2.36. The maximum Gasteiger partial charge on any atom is 0.321 e. The molecule has 1 atom stereocenters. The minimum Gasteiger partial charge on any atom is -0.480 e. The van der Waals surface area contributed by atoms with E-state index in [4.69, 9.17) is 11.6 Å². The zero-order chi connectivity index (χ0) is 13.8. The van der Waals surface area contributed by atoms with Gasteiger partial charge in [0, 0.05) is 4.90 Å². The van der Waals surface area contributed by atoms with E-state index in [9.17, 15) is 14.3 Å². The van der Waals surface area contributed by atoms with Gasteiger partial charge in [-0.2, -0.15) is 0 Å². The maximum absolute atomic E-state index is 13.1. The van der Waals surface area contributed by atoms with Crippen LogP contribution >= 0.6 is 23.4 Å². The lowest BCUT2D eigenvalue weighted by molar-refractivity contribution is -0.136. The second kappa shape index (κ2) is 6.08. The molecule has 1 N–H and O–H groups in total. The summed E-state index contributed by atoms with van der Waals surface area (Å²) in [7, 11) is 0. The summed E-state index contributed by atoms with van der Waals surface area (Å²) in [5, 5.41) is 8.52. The first kappa shape index (κ1) is 13.9. The van der Waals surface area contributed by atoms with Crippen LogP contribution in [0.1, 0.15) is 10.8 Å². The van der Waals surface area contributed by atoms with Gasteiger partial charge in [0.2, 0.25) is 0 Å². The van der Waals surface area contributed by atoms with Crippen molar-refractivity contribution in [2.24, 2.45) is 0 Å². The third-order valence-electron chi connectivity index (χ3n) is 2.47. The fourth-order valence-electron chi connectivity index (χ4n) is 1.58. The molecule has 0 bridgehead atoms. The summed E-state index contributed by atoms with van der Waals surface area (Å²) in [6.45, 7) is 0. The summed E-state index contributed by atoms with van der Waals surface area (Å²) in [6.07, 6.45) is 0. The van der Waals surface area contributed by atoms with Crippen molar-refractivity contribution in [1.29, 1.82) is 0 Å². The molecular weight excluding hydrogens is 287 g/mol. The van der Waals surface area contributed by atoms with E-state index in [0.717, 1.165) is 11.8 Å². The lowest BCUT2D eigenvalue weighted by Crippen LogP contribution is -2.07. The Labute approximate surface area is 119 Å². The normalized spacial score (nSPS) is 12.1. The average molecular weight is 297 g/mol. The fraction of sp³-hybridized carbons (Fsp3) is 0.0714. The van der Waals surface area contributed by atoms with Gasteiger partial charge in [-0.15, -0.1) is 11.8 Å². The smallest absolute Gasteiger partial charge is 0.321 e. The summed E-state index contributed by atoms with van der Waals surface area (Å²) < 4.78 is 13.1. The topological polar surface area (TPSA) is 37.3 Å². The minimum atomic E-state index is -0.948. The number of thioether (sulfide) groups is 1. The Bertz CT molecular complexity index is 589. The number of carboxylic acids is 1. The highest BCUT2D eigenvalue weighted by atomic mass is 35.5. The van der Waals surface area contributed by atoms with Crippen molar-refractivity contribution in [2.75, 3.05) is 0 Å². The van der Waals surface area contributed by atoms with Gasteiger partial charge in [0.15, 0.2) is 0 Å². The van der Waals surface area contributed by atoms with E-state index in [0.29, 0.717) is 10.5 Å². The second-order valence-electron chi connectivity index (χ2n) is 3.82. The molecule has 2 aromatic rings. The molecule has 19 heavy (non-hydrogen) atoms. The number of halogens is 2. The van der Waals surface area contributed by atoms with Crippen LogP contribution in [0.4, 0.5) is 4.39 Å². The van der Waals surface area contributed by atoms with Crippen LogP contribution in [-0.4, -0.2) is 11.1 Å². The molecule has 2 rings (SSSR count). The molecule has 0 aromatic heterocycles. The molecule has 0 saturated heterocycles. The molecule has 0 radical (unpaired) electrons. The molecule has 0 spiro atoms. The molecule has 2 nitrogen and oxygen atoms in total. The van der Waals surface area contributed by atoms with E-state index in [1.165, 1.54) is 18.2 Å². The molecule has 98 valence electrons. The van der Waals surface area contributed by atoms with Crippen LogP contribution in [0.2, 0.25) is 5.02 Å². The van der Waals surface area contributed by atoms with E-state index in [1.807, 2.05) is 6.07 Å². The van der Waals surface area contributed by atoms with Gasteiger partial charge in [-0.25, -0.2) is 4.39 Å². The van der Waals surface area contributed by atoms with Crippen molar-refractivity contribution >= 4 is 29.3 Å². The third-order valence-corrected chi connectivity index (χ3v) is 4.00. The molecule has 0 aliphatic heterocycles. The van der Waals surface area contributed by atoms with Gasteiger partial charge in [-0.05, 0) is 23.8 Å². The van der Waals surface area contributed by atoms with Gasteiger partial charge in [0.05, 0.1) is 5.02 Å². The van der Waals surface area contributed by atoms with Crippen molar-refractivity contribution in [3.8, 4) is 0 Å². The van der Waals surface area contributed by atoms with Crippen molar-refractivity contribution in [3.05, 3.63) is 64.9 Å². The third kappa shape index (κ3) is 3.49. The first-order chi connectivity index (χ1) is 9.08. The van der Waals surface area contributed by atoms with Crippen LogP contribution in [0.3, 0.4) is 0 Å². The molecule has 0 unspecified atom stereocenters. The van der Waals surface area contributed by atoms with Crippen molar-refractivity contribution in [1.82, 2.24) is 0 Å². The summed E-state index contributed by atoms with van der Waals surface area (Å²) in [5.74, 6) is -1.46. The molecule has 5 heteroatoms. The zero-order valence-electron chi connectivity index (χ0n) is 9.72. The van der Waals surface area contributed by atoms with E-state index >= 15 is 0 Å². The van der Waals surface area contributed by atoms with E-state index in [2.05, 4.69) is 0 Å². The van der Waals surface area contributed by atoms with Gasteiger partial charge in [0.25, 0.3) is 0 Å². The SMILES string of the molecule is O=C(O)[C@@H](Sc1ccc(F)c(Cl)c1)c1ccccc1. The molecule has 0 aliphatic carbocycles. The number of carboxylic acid groups (broad SMARTS) is 1. The largest absolute Gasteiger partial charge is 0.480 e. The van der Waals surface area contributed by atoms with Crippen LogP contribution < -0.4 is 0 Å². The van der Waals surface area contributed by atoms with Crippen LogP contribution in [-0.2, 0) is 4.79 Å². The molecule has 0 amide bonds. The van der Waals surface area contributed by atoms with Gasteiger partial charge in [-0.1, -0.05) is 41.9 Å². The van der Waals surface area contributed by atoms with Crippen molar-refractivity contribution in [2.45, 2.75) is 10.1 Å². The van der Waals surface area contributed by atoms with E-state index in [1.54, 1.807) is 24.3 Å². The minimum absolute atomic E-state index is 0.0119. The lowest BCUT2D eigenvalue weighted by atomic mass is 10.1. The Kier molecular flexibility index (Phi) is 4.45. The maximum atomic E-state index is 13.1. The summed E-state index contributed by atoms with van der Waals surface area (Å²) >= 11 is 6.81. The van der Waals surface area contributed by atoms with Crippen LogP contribution in [0, 0.1) is 5.82 Å². The predicted octanol–water partition coefficient (Wildman–Crippen LogP) is 4.40. The predicted molar refractivity (Wildman–Crippen MR) is 74.1 cm³/mol. The summed E-state index contributed by atoms with van der Waals surface area (Å²) in [4.78, 5) is 11.9. The Balaban J connectivity index is 2.27. The van der Waals surface area contributed by atoms with Crippen LogP contribution in [0.15, 0.2) is 53.4 Å². The first-order valence-electron chi connectivity index (χ1n) is 5.47. The second-order valence-corrected chi connectivity index (χ2v) is 5.41. The number of carbonyl (C=O) groups is 1. The van der Waals surface area contributed by atoms with Gasteiger partial charge >= 0.3 is 5.97 Å². The lowest BCUT2D eigenvalue weighted by Gasteiger charge is -2.12. The standard InChI is InChI=1S/C14H10ClFO2S/c15-11-8-10(6-7-12(11)16)19-13(14(17)18)9-4-2-1-3-5-9/h1-8,13H,(H,17,18)/t13-/m0/s1. The van der Waals surface area contributed by atoms with Gasteiger partial charge < -0.3 is 5.11 Å². The Morgan fingerprint density at radius 2 is 1.89 bits per heavy atom. The number of benzene rings is 2. The number of rotatable bonds is 4. The quantitative estimate of drug-likeness (QED) is 0.850. The molecule has 0 aliphatic rings. The Morgan fingerprint density at radius 1 is 1.21 bits per heavy atom. The van der Waals surface area contributed by atoms with Gasteiger partial charge in [0.1, 0.15) is 11.1 Å². The fourth-order valence-corrected chi connectivity index (χ4v) is 2.82. The van der Waals surface area contributed by atoms with Crippen LogP contribution in [0.25, 0.3) is 0 Å². The van der Waals surface area contributed by atoms with Crippen molar-refractivity contribution in [3.63, 3.8) is 0 Å². The monoisotopic (exact) mass is 296 g/mol. The molecule has 0 fully saturated rings. The summed E-state index contributed by atoms with van der Waals surface area (Å²) in [6, 6.07) is 13.1. The average Bonchev–Trinajstić information content (AvgIpc) is 2.40. The van der Waals surface area contributed by atoms with Crippen LogP contribution in [0.5, 0.6) is 0 Å². The number of aliphatic carboxylic acids is 1. The zero-order valence-corrected chi connectivity index (χ0v) is 11.3. The highest BCUT2D eigenvalue weighted by Gasteiger charge is 2.21. The van der Waals surface area contributed by atoms with E-state index in [-0.39, 0.29) is 5.02 Å². The number of hydrogen-bond acceptors (Lipinski definition) is 2. The Morgan fingerprint density at radius 3 is 2.47 bits per heavy atom. The van der Waals surface area contributed by atoms with Crippen molar-refractivity contribution < 1.29 is 14.3 Å². The Hall–Kier alpha value is -1.52. The molecule has 2 aromatic carbocycles.